The smallest absolute Gasteiger partial charge is 0.256 e. The first-order chi connectivity index (χ1) is 16.4. The van der Waals surface area contributed by atoms with Crippen LogP contribution in [0.2, 0.25) is 5.02 Å². The summed E-state index contributed by atoms with van der Waals surface area (Å²) in [5.74, 6) is 1.48. The van der Waals surface area contributed by atoms with Crippen LogP contribution in [-0.4, -0.2) is 15.7 Å². The highest BCUT2D eigenvalue weighted by Crippen LogP contribution is 2.24. The lowest BCUT2D eigenvalue weighted by molar-refractivity contribution is 0.102. The zero-order chi connectivity index (χ0) is 24.1. The van der Waals surface area contributed by atoms with Crippen molar-refractivity contribution >= 4 is 39.3 Å². The van der Waals surface area contributed by atoms with Gasteiger partial charge in [0.25, 0.3) is 5.91 Å². The second kappa shape index (κ2) is 10.9. The molecular formula is C27H25BrClN3O2. The van der Waals surface area contributed by atoms with Crippen LogP contribution in [0, 0.1) is 0 Å². The van der Waals surface area contributed by atoms with E-state index in [0.29, 0.717) is 39.9 Å². The molecule has 1 N–H and O–H groups in total. The van der Waals surface area contributed by atoms with Gasteiger partial charge in [-0.2, -0.15) is 5.10 Å². The number of benzene rings is 3. The molecule has 0 spiro atoms. The van der Waals surface area contributed by atoms with Crippen molar-refractivity contribution in [3.05, 3.63) is 111 Å². The fourth-order valence-corrected chi connectivity index (χ4v) is 4.07. The summed E-state index contributed by atoms with van der Waals surface area (Å²) < 4.78 is 8.33. The predicted octanol–water partition coefficient (Wildman–Crippen LogP) is 7.30. The number of carbonyl (C=O) groups excluding carboxylic acids is 1. The summed E-state index contributed by atoms with van der Waals surface area (Å²) in [4.78, 5) is 12.9. The first-order valence-corrected chi connectivity index (χ1v) is 12.2. The van der Waals surface area contributed by atoms with Gasteiger partial charge in [0.15, 0.2) is 5.82 Å². The van der Waals surface area contributed by atoms with Gasteiger partial charge in [-0.15, -0.1) is 0 Å². The highest BCUT2D eigenvalue weighted by molar-refractivity contribution is 9.10. The van der Waals surface area contributed by atoms with Gasteiger partial charge in [-0.1, -0.05) is 67.9 Å². The molecule has 4 aromatic rings. The van der Waals surface area contributed by atoms with Crippen LogP contribution < -0.4 is 10.1 Å². The summed E-state index contributed by atoms with van der Waals surface area (Å²) in [6.07, 6.45) is 1.81. The summed E-state index contributed by atoms with van der Waals surface area (Å²) in [6, 6.07) is 23.1. The highest BCUT2D eigenvalue weighted by atomic mass is 79.9. The van der Waals surface area contributed by atoms with Crippen LogP contribution >= 0.6 is 27.5 Å². The molecule has 0 saturated carbocycles. The molecule has 0 radical (unpaired) electrons. The van der Waals surface area contributed by atoms with Gasteiger partial charge in [-0.05, 0) is 68.9 Å². The van der Waals surface area contributed by atoms with Gasteiger partial charge in [0, 0.05) is 16.8 Å². The Labute approximate surface area is 212 Å². The largest absolute Gasteiger partial charge is 0.489 e. The molecular weight excluding hydrogens is 514 g/mol. The number of amides is 1. The maximum atomic E-state index is 12.9. The Kier molecular flexibility index (Phi) is 7.70. The van der Waals surface area contributed by atoms with Crippen LogP contribution in [0.4, 0.5) is 5.82 Å². The minimum absolute atomic E-state index is 0.244. The topological polar surface area (TPSA) is 56.1 Å². The van der Waals surface area contributed by atoms with E-state index in [4.69, 9.17) is 16.3 Å². The molecule has 7 heteroatoms. The lowest BCUT2D eigenvalue weighted by Crippen LogP contribution is -2.13. The van der Waals surface area contributed by atoms with Gasteiger partial charge in [-0.25, -0.2) is 0 Å². The number of halogens is 2. The third kappa shape index (κ3) is 6.07. The minimum atomic E-state index is -0.244. The molecule has 1 amide bonds. The first kappa shape index (κ1) is 24.0. The van der Waals surface area contributed by atoms with E-state index < -0.39 is 0 Å². The zero-order valence-electron chi connectivity index (χ0n) is 19.0. The van der Waals surface area contributed by atoms with Crippen LogP contribution in [0.1, 0.15) is 46.8 Å². The maximum absolute atomic E-state index is 12.9. The van der Waals surface area contributed by atoms with Gasteiger partial charge >= 0.3 is 0 Å². The third-order valence-electron chi connectivity index (χ3n) is 5.38. The zero-order valence-corrected chi connectivity index (χ0v) is 21.3. The van der Waals surface area contributed by atoms with E-state index in [0.717, 1.165) is 16.9 Å². The normalized spacial score (nSPS) is 11.0. The van der Waals surface area contributed by atoms with Crippen molar-refractivity contribution in [2.24, 2.45) is 0 Å². The molecule has 0 aliphatic rings. The van der Waals surface area contributed by atoms with Crippen molar-refractivity contribution in [1.29, 1.82) is 0 Å². The Bertz CT molecular complexity index is 1290. The number of hydrogen-bond donors (Lipinski definition) is 1. The Morgan fingerprint density at radius 2 is 1.85 bits per heavy atom. The van der Waals surface area contributed by atoms with Gasteiger partial charge in [0.1, 0.15) is 12.4 Å². The van der Waals surface area contributed by atoms with Gasteiger partial charge in [-0.3, -0.25) is 9.48 Å². The van der Waals surface area contributed by atoms with Crippen LogP contribution in [-0.2, 0) is 13.2 Å². The van der Waals surface area contributed by atoms with E-state index in [2.05, 4.69) is 52.3 Å². The molecule has 4 rings (SSSR count). The van der Waals surface area contributed by atoms with Gasteiger partial charge in [0.2, 0.25) is 0 Å². The van der Waals surface area contributed by atoms with Crippen LogP contribution in [0.15, 0.2) is 83.5 Å². The van der Waals surface area contributed by atoms with Crippen molar-refractivity contribution in [2.75, 3.05) is 5.32 Å². The molecule has 0 unspecified atom stereocenters. The van der Waals surface area contributed by atoms with Crippen molar-refractivity contribution in [3.8, 4) is 5.75 Å². The van der Waals surface area contributed by atoms with E-state index >= 15 is 0 Å². The minimum Gasteiger partial charge on any atom is -0.489 e. The average Bonchev–Trinajstić information content (AvgIpc) is 3.18. The van der Waals surface area contributed by atoms with Gasteiger partial charge < -0.3 is 10.1 Å². The average molecular weight is 539 g/mol. The predicted molar refractivity (Wildman–Crippen MR) is 140 cm³/mol. The molecule has 0 fully saturated rings. The second-order valence-corrected chi connectivity index (χ2v) is 9.54. The Hall–Kier alpha value is -3.09. The van der Waals surface area contributed by atoms with Crippen LogP contribution in [0.3, 0.4) is 0 Å². The summed E-state index contributed by atoms with van der Waals surface area (Å²) in [5.41, 5.74) is 3.66. The van der Waals surface area contributed by atoms with E-state index in [1.807, 2.05) is 60.8 Å². The fraction of sp³-hybridized carbons (Fsp3) is 0.185. The second-order valence-electron chi connectivity index (χ2n) is 8.28. The molecule has 3 aromatic carbocycles. The molecule has 1 aromatic heterocycles. The number of hydrogen-bond acceptors (Lipinski definition) is 3. The van der Waals surface area contributed by atoms with E-state index in [1.54, 1.807) is 10.7 Å². The SMILES string of the molecule is CC(C)c1ccc(OCc2cccc(C(=O)Nc3nn(Cc4ccccc4Cl)cc3Br)c2)cc1. The van der Waals surface area contributed by atoms with E-state index in [9.17, 15) is 4.79 Å². The number of rotatable bonds is 8. The van der Waals surface area contributed by atoms with Crippen molar-refractivity contribution in [3.63, 3.8) is 0 Å². The lowest BCUT2D eigenvalue weighted by Gasteiger charge is -2.10. The Morgan fingerprint density at radius 3 is 2.59 bits per heavy atom. The molecule has 0 aliphatic carbocycles. The molecule has 34 heavy (non-hydrogen) atoms. The van der Waals surface area contributed by atoms with E-state index in [-0.39, 0.29) is 5.91 Å². The standard InChI is InChI=1S/C27H25BrClN3O2/c1-18(2)20-10-12-23(13-11-20)34-17-19-6-5-8-21(14-19)27(33)30-26-24(28)16-32(31-26)15-22-7-3-4-9-25(22)29/h3-14,16,18H,15,17H2,1-2H3,(H,30,31,33). The molecule has 1 heterocycles. The summed E-state index contributed by atoms with van der Waals surface area (Å²) >= 11 is 9.73. The lowest BCUT2D eigenvalue weighted by atomic mass is 10.0. The summed E-state index contributed by atoms with van der Waals surface area (Å²) in [7, 11) is 0. The number of nitrogens with one attached hydrogen (secondary N) is 1. The van der Waals surface area contributed by atoms with Crippen LogP contribution in [0.5, 0.6) is 5.75 Å². The third-order valence-corrected chi connectivity index (χ3v) is 6.33. The molecule has 0 saturated heterocycles. The molecule has 5 nitrogen and oxygen atoms in total. The van der Waals surface area contributed by atoms with Crippen molar-refractivity contribution < 1.29 is 9.53 Å². The first-order valence-electron chi connectivity index (χ1n) is 11.0. The number of aromatic nitrogens is 2. The number of nitrogens with zero attached hydrogens (tertiary/aromatic N) is 2. The quantitative estimate of drug-likeness (QED) is 0.256. The number of ether oxygens (including phenoxy) is 1. The molecule has 0 atom stereocenters. The molecule has 0 bridgehead atoms. The Balaban J connectivity index is 1.39. The monoisotopic (exact) mass is 537 g/mol. The fourth-order valence-electron chi connectivity index (χ4n) is 3.46. The number of carbonyl (C=O) groups is 1. The number of anilines is 1. The Morgan fingerprint density at radius 1 is 1.09 bits per heavy atom. The van der Waals surface area contributed by atoms with Crippen LogP contribution in [0.25, 0.3) is 0 Å². The maximum Gasteiger partial charge on any atom is 0.256 e. The van der Waals surface area contributed by atoms with E-state index in [1.165, 1.54) is 5.56 Å². The molecule has 0 aliphatic heterocycles. The highest BCUT2D eigenvalue weighted by Gasteiger charge is 2.13. The van der Waals surface area contributed by atoms with Crippen molar-refractivity contribution in [2.45, 2.75) is 32.9 Å². The van der Waals surface area contributed by atoms with Gasteiger partial charge in [0.05, 0.1) is 11.0 Å². The molecule has 174 valence electrons. The summed E-state index contributed by atoms with van der Waals surface area (Å²) in [6.45, 7) is 5.19. The summed E-state index contributed by atoms with van der Waals surface area (Å²) in [5, 5.41) is 8.03. The van der Waals surface area contributed by atoms with Crippen molar-refractivity contribution in [1.82, 2.24) is 9.78 Å².